The van der Waals surface area contributed by atoms with Crippen LogP contribution in [0, 0.1) is 0 Å². The maximum absolute atomic E-state index is 3.64. The highest BCUT2D eigenvalue weighted by atomic mass is 79.9. The number of thiophene rings is 1. The van der Waals surface area contributed by atoms with Crippen LogP contribution in [0.2, 0.25) is 0 Å². The van der Waals surface area contributed by atoms with Crippen LogP contribution in [0.1, 0.15) is 44.5 Å². The molecule has 0 aliphatic heterocycles. The van der Waals surface area contributed by atoms with Gasteiger partial charge < -0.3 is 5.32 Å². The van der Waals surface area contributed by atoms with Crippen molar-refractivity contribution in [1.29, 1.82) is 0 Å². The van der Waals surface area contributed by atoms with E-state index in [0.717, 1.165) is 0 Å². The molecular formula is C11H18BrNS. The Hall–Kier alpha value is 0.140. The number of hydrogen-bond acceptors (Lipinski definition) is 2. The van der Waals surface area contributed by atoms with Crippen molar-refractivity contribution in [3.8, 4) is 0 Å². The summed E-state index contributed by atoms with van der Waals surface area (Å²) < 4.78 is 1.19. The Balaban J connectivity index is 2.53. The van der Waals surface area contributed by atoms with E-state index in [4.69, 9.17) is 0 Å². The Morgan fingerprint density at radius 2 is 2.07 bits per heavy atom. The van der Waals surface area contributed by atoms with Gasteiger partial charge in [-0.2, -0.15) is 0 Å². The Morgan fingerprint density at radius 3 is 2.50 bits per heavy atom. The van der Waals surface area contributed by atoms with Crippen molar-refractivity contribution in [1.82, 2.24) is 5.32 Å². The second-order valence-electron chi connectivity index (χ2n) is 3.57. The molecule has 1 heterocycles. The van der Waals surface area contributed by atoms with Crippen molar-refractivity contribution in [2.45, 2.75) is 45.7 Å². The molecule has 0 radical (unpaired) electrons. The molecule has 1 aromatic heterocycles. The monoisotopic (exact) mass is 275 g/mol. The Morgan fingerprint density at radius 1 is 1.43 bits per heavy atom. The van der Waals surface area contributed by atoms with Crippen molar-refractivity contribution >= 4 is 27.3 Å². The molecule has 0 aliphatic carbocycles. The van der Waals surface area contributed by atoms with E-state index in [1.165, 1.54) is 22.2 Å². The maximum Gasteiger partial charge on any atom is 0.0388 e. The fourth-order valence-corrected chi connectivity index (χ4v) is 2.98. The molecule has 3 heteroatoms. The van der Waals surface area contributed by atoms with Crippen molar-refractivity contribution in [3.05, 3.63) is 20.8 Å². The molecule has 1 atom stereocenters. The average molecular weight is 276 g/mol. The van der Waals surface area contributed by atoms with E-state index in [-0.39, 0.29) is 0 Å². The summed E-state index contributed by atoms with van der Waals surface area (Å²) in [5.41, 5.74) is 0. The molecule has 0 aliphatic rings. The van der Waals surface area contributed by atoms with Gasteiger partial charge in [0.2, 0.25) is 0 Å². The number of halogens is 1. The lowest BCUT2D eigenvalue weighted by Crippen LogP contribution is -2.29. The molecule has 1 aromatic rings. The summed E-state index contributed by atoms with van der Waals surface area (Å²) in [5, 5.41) is 5.77. The standard InChI is InChI=1S/C11H18BrNS/c1-4-10(5-2)13-8(3)11-6-9(12)7-14-11/h6-8,10,13H,4-5H2,1-3H3. The first-order chi connectivity index (χ1) is 6.67. The van der Waals surface area contributed by atoms with Crippen LogP contribution in [0.5, 0.6) is 0 Å². The largest absolute Gasteiger partial charge is 0.307 e. The lowest BCUT2D eigenvalue weighted by molar-refractivity contribution is 0.436. The Kier molecular flexibility index (Phi) is 5.13. The van der Waals surface area contributed by atoms with Crippen LogP contribution in [0.4, 0.5) is 0 Å². The molecule has 0 amide bonds. The average Bonchev–Trinajstić information content (AvgIpc) is 2.61. The van der Waals surface area contributed by atoms with E-state index >= 15 is 0 Å². The van der Waals surface area contributed by atoms with Crippen molar-refractivity contribution < 1.29 is 0 Å². The first-order valence-corrected chi connectivity index (χ1v) is 6.84. The first kappa shape index (κ1) is 12.2. The molecule has 1 nitrogen and oxygen atoms in total. The smallest absolute Gasteiger partial charge is 0.0388 e. The number of hydrogen-bond donors (Lipinski definition) is 1. The summed E-state index contributed by atoms with van der Waals surface area (Å²) in [4.78, 5) is 1.41. The predicted octanol–water partition coefficient (Wildman–Crippen LogP) is 4.35. The highest BCUT2D eigenvalue weighted by molar-refractivity contribution is 9.10. The minimum Gasteiger partial charge on any atom is -0.307 e. The molecule has 0 aromatic carbocycles. The van der Waals surface area contributed by atoms with E-state index in [1.807, 2.05) is 11.3 Å². The SMILES string of the molecule is CCC(CC)NC(C)c1cc(Br)cs1. The van der Waals surface area contributed by atoms with Crippen molar-refractivity contribution in [2.24, 2.45) is 0 Å². The molecule has 80 valence electrons. The quantitative estimate of drug-likeness (QED) is 0.843. The maximum atomic E-state index is 3.64. The molecule has 0 saturated heterocycles. The highest BCUT2D eigenvalue weighted by Crippen LogP contribution is 2.25. The predicted molar refractivity (Wildman–Crippen MR) is 67.9 cm³/mol. The fourth-order valence-electron chi connectivity index (χ4n) is 1.52. The van der Waals surface area contributed by atoms with Gasteiger partial charge in [-0.1, -0.05) is 13.8 Å². The van der Waals surface area contributed by atoms with E-state index in [2.05, 4.69) is 53.5 Å². The van der Waals surface area contributed by atoms with Crippen LogP contribution >= 0.6 is 27.3 Å². The number of rotatable bonds is 5. The molecule has 1 rings (SSSR count). The first-order valence-electron chi connectivity index (χ1n) is 5.17. The molecule has 0 saturated carbocycles. The summed E-state index contributed by atoms with van der Waals surface area (Å²) >= 11 is 5.29. The Labute approximate surface area is 99.0 Å². The third-order valence-electron chi connectivity index (χ3n) is 2.49. The summed E-state index contributed by atoms with van der Waals surface area (Å²) in [7, 11) is 0. The van der Waals surface area contributed by atoms with Crippen LogP contribution in [0.25, 0.3) is 0 Å². The minimum atomic E-state index is 0.469. The normalized spacial score (nSPS) is 13.5. The number of nitrogens with one attached hydrogen (secondary N) is 1. The van der Waals surface area contributed by atoms with Gasteiger partial charge in [-0.25, -0.2) is 0 Å². The van der Waals surface area contributed by atoms with E-state index in [1.54, 1.807) is 0 Å². The second-order valence-corrected chi connectivity index (χ2v) is 5.43. The van der Waals surface area contributed by atoms with Gasteiger partial charge in [0.05, 0.1) is 0 Å². The lowest BCUT2D eigenvalue weighted by atomic mass is 10.1. The van der Waals surface area contributed by atoms with Crippen LogP contribution in [0.3, 0.4) is 0 Å². The van der Waals surface area contributed by atoms with Crippen molar-refractivity contribution in [2.75, 3.05) is 0 Å². The Bertz CT molecular complexity index is 268. The second kappa shape index (κ2) is 5.89. The summed E-state index contributed by atoms with van der Waals surface area (Å²) in [5.74, 6) is 0. The van der Waals surface area contributed by atoms with E-state index in [9.17, 15) is 0 Å². The van der Waals surface area contributed by atoms with Gasteiger partial charge in [0, 0.05) is 26.8 Å². The third-order valence-corrected chi connectivity index (χ3v) is 4.36. The van der Waals surface area contributed by atoms with Crippen LogP contribution < -0.4 is 5.32 Å². The molecule has 0 fully saturated rings. The van der Waals surface area contributed by atoms with Crippen LogP contribution in [0.15, 0.2) is 15.9 Å². The van der Waals surface area contributed by atoms with Crippen LogP contribution in [-0.4, -0.2) is 6.04 Å². The van der Waals surface area contributed by atoms with Gasteiger partial charge >= 0.3 is 0 Å². The topological polar surface area (TPSA) is 12.0 Å². The van der Waals surface area contributed by atoms with Gasteiger partial charge in [-0.15, -0.1) is 11.3 Å². The van der Waals surface area contributed by atoms with Gasteiger partial charge in [0.25, 0.3) is 0 Å². The van der Waals surface area contributed by atoms with E-state index < -0.39 is 0 Å². The molecule has 0 bridgehead atoms. The third kappa shape index (κ3) is 3.37. The summed E-state index contributed by atoms with van der Waals surface area (Å²) in [6.07, 6.45) is 2.40. The molecule has 1 unspecified atom stereocenters. The summed E-state index contributed by atoms with van der Waals surface area (Å²) in [6, 6.07) is 3.31. The minimum absolute atomic E-state index is 0.469. The van der Waals surface area contributed by atoms with Gasteiger partial charge in [-0.3, -0.25) is 0 Å². The van der Waals surface area contributed by atoms with Gasteiger partial charge in [0.1, 0.15) is 0 Å². The van der Waals surface area contributed by atoms with Crippen molar-refractivity contribution in [3.63, 3.8) is 0 Å². The zero-order valence-corrected chi connectivity index (χ0v) is 11.4. The zero-order chi connectivity index (χ0) is 10.6. The molecule has 14 heavy (non-hydrogen) atoms. The van der Waals surface area contributed by atoms with Gasteiger partial charge in [0.15, 0.2) is 0 Å². The highest BCUT2D eigenvalue weighted by Gasteiger charge is 2.11. The van der Waals surface area contributed by atoms with Gasteiger partial charge in [-0.05, 0) is 41.8 Å². The molecule has 1 N–H and O–H groups in total. The zero-order valence-electron chi connectivity index (χ0n) is 9.01. The fraction of sp³-hybridized carbons (Fsp3) is 0.636. The van der Waals surface area contributed by atoms with E-state index in [0.29, 0.717) is 12.1 Å². The van der Waals surface area contributed by atoms with Crippen LogP contribution in [-0.2, 0) is 0 Å². The molecular weight excluding hydrogens is 258 g/mol. The summed E-state index contributed by atoms with van der Waals surface area (Å²) in [6.45, 7) is 6.70. The lowest BCUT2D eigenvalue weighted by Gasteiger charge is -2.19. The molecule has 0 spiro atoms.